The predicted octanol–water partition coefficient (Wildman–Crippen LogP) is 1.69. The van der Waals surface area contributed by atoms with Gasteiger partial charge in [0.1, 0.15) is 11.6 Å². The van der Waals surface area contributed by atoms with E-state index in [0.29, 0.717) is 13.1 Å². The van der Waals surface area contributed by atoms with Gasteiger partial charge < -0.3 is 20.8 Å². The van der Waals surface area contributed by atoms with Gasteiger partial charge in [-0.2, -0.15) is 0 Å². The van der Waals surface area contributed by atoms with E-state index >= 15 is 0 Å². The minimum atomic E-state index is -0.878. The Balaban J connectivity index is 0.00000208. The maximum atomic E-state index is 13.6. The highest BCUT2D eigenvalue weighted by molar-refractivity contribution is 5.92. The van der Waals surface area contributed by atoms with Crippen LogP contribution in [-0.4, -0.2) is 47.0 Å². The van der Waals surface area contributed by atoms with Gasteiger partial charge in [0.2, 0.25) is 0 Å². The van der Waals surface area contributed by atoms with Crippen molar-refractivity contribution < 1.29 is 14.6 Å². The van der Waals surface area contributed by atoms with Crippen molar-refractivity contribution in [2.24, 2.45) is 11.7 Å². The lowest BCUT2D eigenvalue weighted by Gasteiger charge is -2.36. The van der Waals surface area contributed by atoms with Crippen LogP contribution in [0.3, 0.4) is 0 Å². The fourth-order valence-electron chi connectivity index (χ4n) is 3.28. The average Bonchev–Trinajstić information content (AvgIpc) is 2.60. The molecule has 132 valence electrons. The smallest absolute Gasteiger partial charge is 0.136 e. The number of aromatic nitrogens is 1. The van der Waals surface area contributed by atoms with Crippen molar-refractivity contribution in [2.75, 3.05) is 24.5 Å². The number of fused-ring (bicyclic) bond motifs is 1. The summed E-state index contributed by atoms with van der Waals surface area (Å²) in [5, 5.41) is 21.5. The van der Waals surface area contributed by atoms with E-state index in [4.69, 9.17) is 5.73 Å². The Kier molecular flexibility index (Phi) is 6.34. The van der Waals surface area contributed by atoms with Gasteiger partial charge in [0.05, 0.1) is 12.2 Å². The minimum absolute atomic E-state index is 0. The molecule has 0 spiro atoms. The molecule has 0 aliphatic carbocycles. The first-order valence-corrected chi connectivity index (χ1v) is 7.95. The first-order valence-electron chi connectivity index (χ1n) is 7.95. The lowest BCUT2D eigenvalue weighted by atomic mass is 9.88. The molecular weight excluding hydrogens is 333 g/mol. The largest absolute Gasteiger partial charge is 0.390 e. The monoisotopic (exact) mass is 355 g/mol. The molecule has 1 aromatic carbocycles. The van der Waals surface area contributed by atoms with Crippen LogP contribution in [0.5, 0.6) is 0 Å². The molecule has 24 heavy (non-hydrogen) atoms. The molecule has 0 saturated carbocycles. The number of nitrogens with two attached hydrogens (primary N) is 1. The third-order valence-electron chi connectivity index (χ3n) is 4.67. The average molecular weight is 356 g/mol. The van der Waals surface area contributed by atoms with Crippen LogP contribution in [-0.2, 0) is 0 Å². The minimum Gasteiger partial charge on any atom is -0.390 e. The zero-order valence-corrected chi connectivity index (χ0v) is 14.1. The Labute approximate surface area is 146 Å². The summed E-state index contributed by atoms with van der Waals surface area (Å²) in [5.74, 6) is 0.522. The van der Waals surface area contributed by atoms with Gasteiger partial charge in [-0.15, -0.1) is 12.4 Å². The van der Waals surface area contributed by atoms with Crippen LogP contribution < -0.4 is 10.6 Å². The normalized spacial score (nSPS) is 18.2. The van der Waals surface area contributed by atoms with Crippen molar-refractivity contribution in [3.05, 3.63) is 36.3 Å². The summed E-state index contributed by atoms with van der Waals surface area (Å²) in [5.41, 5.74) is 5.41. The van der Waals surface area contributed by atoms with Gasteiger partial charge in [0.15, 0.2) is 0 Å². The van der Waals surface area contributed by atoms with Gasteiger partial charge in [0, 0.05) is 31.2 Å². The molecule has 5 nitrogen and oxygen atoms in total. The second kappa shape index (κ2) is 8.07. The Morgan fingerprint density at radius 3 is 2.62 bits per heavy atom. The molecular formula is C17H23ClFN3O2. The van der Waals surface area contributed by atoms with Crippen LogP contribution in [0, 0.1) is 11.7 Å². The molecule has 2 heterocycles. The SMILES string of the molecule is Cl.NCC(O)C(O)C1CCN(c2nccc3ccc(F)cc23)CC1. The Morgan fingerprint density at radius 2 is 1.96 bits per heavy atom. The molecule has 0 radical (unpaired) electrons. The fourth-order valence-corrected chi connectivity index (χ4v) is 3.28. The number of benzene rings is 1. The molecule has 4 N–H and O–H groups in total. The predicted molar refractivity (Wildman–Crippen MR) is 95.0 cm³/mol. The van der Waals surface area contributed by atoms with Crippen LogP contribution >= 0.6 is 12.4 Å². The van der Waals surface area contributed by atoms with E-state index in [2.05, 4.69) is 9.88 Å². The van der Waals surface area contributed by atoms with Crippen LogP contribution in [0.1, 0.15) is 12.8 Å². The molecule has 2 atom stereocenters. The molecule has 7 heteroatoms. The highest BCUT2D eigenvalue weighted by Gasteiger charge is 2.30. The second-order valence-corrected chi connectivity index (χ2v) is 6.12. The zero-order valence-electron chi connectivity index (χ0n) is 13.3. The molecule has 2 unspecified atom stereocenters. The lowest BCUT2D eigenvalue weighted by molar-refractivity contribution is -0.0185. The number of hydrogen-bond donors (Lipinski definition) is 3. The van der Waals surface area contributed by atoms with E-state index in [0.717, 1.165) is 29.4 Å². The molecule has 1 aliphatic heterocycles. The van der Waals surface area contributed by atoms with E-state index in [9.17, 15) is 14.6 Å². The van der Waals surface area contributed by atoms with Gasteiger partial charge in [-0.05, 0) is 42.3 Å². The number of piperidine rings is 1. The molecule has 0 bridgehead atoms. The summed E-state index contributed by atoms with van der Waals surface area (Å²) in [6.07, 6.45) is 1.54. The summed E-state index contributed by atoms with van der Waals surface area (Å²) in [6.45, 7) is 1.48. The summed E-state index contributed by atoms with van der Waals surface area (Å²) in [6, 6.07) is 6.58. The van der Waals surface area contributed by atoms with Crippen molar-refractivity contribution in [1.29, 1.82) is 0 Å². The van der Waals surface area contributed by atoms with Crippen molar-refractivity contribution in [2.45, 2.75) is 25.0 Å². The van der Waals surface area contributed by atoms with E-state index in [1.807, 2.05) is 6.07 Å². The van der Waals surface area contributed by atoms with Crippen molar-refractivity contribution in [3.63, 3.8) is 0 Å². The molecule has 3 rings (SSSR count). The third-order valence-corrected chi connectivity index (χ3v) is 4.67. The summed E-state index contributed by atoms with van der Waals surface area (Å²) >= 11 is 0. The van der Waals surface area contributed by atoms with E-state index in [1.165, 1.54) is 12.1 Å². The molecule has 1 aliphatic rings. The maximum absolute atomic E-state index is 13.6. The fraction of sp³-hybridized carbons (Fsp3) is 0.471. The molecule has 1 fully saturated rings. The zero-order chi connectivity index (χ0) is 16.4. The molecule has 0 amide bonds. The van der Waals surface area contributed by atoms with Crippen LogP contribution in [0.15, 0.2) is 30.5 Å². The van der Waals surface area contributed by atoms with Crippen LogP contribution in [0.2, 0.25) is 0 Å². The van der Waals surface area contributed by atoms with E-state index < -0.39 is 12.2 Å². The number of pyridine rings is 1. The van der Waals surface area contributed by atoms with E-state index in [-0.39, 0.29) is 30.7 Å². The van der Waals surface area contributed by atoms with Crippen LogP contribution in [0.25, 0.3) is 10.8 Å². The highest BCUT2D eigenvalue weighted by Crippen LogP contribution is 2.30. The number of nitrogens with zero attached hydrogens (tertiary/aromatic N) is 2. The summed E-state index contributed by atoms with van der Waals surface area (Å²) in [4.78, 5) is 6.53. The van der Waals surface area contributed by atoms with Gasteiger partial charge >= 0.3 is 0 Å². The van der Waals surface area contributed by atoms with Gasteiger partial charge in [-0.3, -0.25) is 0 Å². The van der Waals surface area contributed by atoms with Gasteiger partial charge in [-0.1, -0.05) is 6.07 Å². The number of halogens is 2. The molecule has 2 aromatic rings. The van der Waals surface area contributed by atoms with Gasteiger partial charge in [0.25, 0.3) is 0 Å². The molecule has 1 saturated heterocycles. The van der Waals surface area contributed by atoms with Crippen molar-refractivity contribution in [3.8, 4) is 0 Å². The lowest BCUT2D eigenvalue weighted by Crippen LogP contribution is -2.44. The topological polar surface area (TPSA) is 82.6 Å². The van der Waals surface area contributed by atoms with Crippen molar-refractivity contribution in [1.82, 2.24) is 4.98 Å². The van der Waals surface area contributed by atoms with Gasteiger partial charge in [-0.25, -0.2) is 9.37 Å². The Hall–Kier alpha value is -1.47. The first-order chi connectivity index (χ1) is 11.1. The first kappa shape index (κ1) is 18.9. The Morgan fingerprint density at radius 1 is 1.25 bits per heavy atom. The second-order valence-electron chi connectivity index (χ2n) is 6.12. The number of anilines is 1. The van der Waals surface area contributed by atoms with E-state index in [1.54, 1.807) is 12.3 Å². The Bertz CT molecular complexity index is 680. The summed E-state index contributed by atoms with van der Waals surface area (Å²) in [7, 11) is 0. The number of rotatable bonds is 4. The quantitative estimate of drug-likeness (QED) is 0.777. The van der Waals surface area contributed by atoms with Crippen molar-refractivity contribution >= 4 is 29.0 Å². The third kappa shape index (κ3) is 3.78. The highest BCUT2D eigenvalue weighted by atomic mass is 35.5. The molecule has 1 aromatic heterocycles. The maximum Gasteiger partial charge on any atom is 0.136 e. The number of hydrogen-bond acceptors (Lipinski definition) is 5. The number of aliphatic hydroxyl groups is 2. The van der Waals surface area contributed by atoms with Crippen LogP contribution in [0.4, 0.5) is 10.2 Å². The standard InChI is InChI=1S/C17H22FN3O2.ClH/c18-13-2-1-11-3-6-20-17(14(11)9-13)21-7-4-12(5-8-21)16(23)15(22)10-19;/h1-3,6,9,12,15-16,22-23H,4-5,7-8,10,19H2;1H. The number of aliphatic hydroxyl groups excluding tert-OH is 2. The summed E-state index contributed by atoms with van der Waals surface area (Å²) < 4.78 is 13.6.